The van der Waals surface area contributed by atoms with Gasteiger partial charge in [0.25, 0.3) is 0 Å². The molecule has 0 radical (unpaired) electrons. The number of rotatable bonds is 6. The smallest absolute Gasteiger partial charge is 0.114 e. The van der Waals surface area contributed by atoms with Crippen LogP contribution in [-0.4, -0.2) is 24.5 Å². The van der Waals surface area contributed by atoms with Crippen LogP contribution in [0, 0.1) is 0 Å². The highest BCUT2D eigenvalue weighted by atomic mass is 15.1. The van der Waals surface area contributed by atoms with Crippen molar-refractivity contribution in [2.45, 2.75) is 13.3 Å². The van der Waals surface area contributed by atoms with E-state index in [9.17, 15) is 0 Å². The Kier molecular flexibility index (Phi) is 7.02. The second-order valence-electron chi connectivity index (χ2n) is 12.2. The minimum atomic E-state index is 0.820. The summed E-state index contributed by atoms with van der Waals surface area (Å²) in [7, 11) is 0. The summed E-state index contributed by atoms with van der Waals surface area (Å²) in [5.41, 5.74) is 12.4. The fourth-order valence-electron chi connectivity index (χ4n) is 6.87. The summed E-state index contributed by atoms with van der Waals surface area (Å²) < 4.78 is 2.28. The van der Waals surface area contributed by atoms with Gasteiger partial charge in [-0.25, -0.2) is 15.0 Å². The zero-order valence-corrected chi connectivity index (χ0v) is 27.0. The summed E-state index contributed by atoms with van der Waals surface area (Å²) in [5, 5.41) is 3.38. The van der Waals surface area contributed by atoms with Gasteiger partial charge in [0.1, 0.15) is 5.82 Å². The third-order valence-electron chi connectivity index (χ3n) is 9.27. The van der Waals surface area contributed by atoms with Crippen LogP contribution >= 0.6 is 0 Å². The average Bonchev–Trinajstić information content (AvgIpc) is 3.57. The summed E-state index contributed by atoms with van der Waals surface area (Å²) in [6, 6.07) is 50.8. The van der Waals surface area contributed by atoms with Crippen LogP contribution in [-0.2, 0) is 6.42 Å². The van der Waals surface area contributed by atoms with Crippen LogP contribution in [0.5, 0.6) is 0 Å². The van der Waals surface area contributed by atoms with Crippen molar-refractivity contribution in [1.82, 2.24) is 24.5 Å². The Morgan fingerprint density at radius 2 is 1.20 bits per heavy atom. The van der Waals surface area contributed by atoms with Crippen molar-refractivity contribution in [2.24, 2.45) is 0 Å². The lowest BCUT2D eigenvalue weighted by Gasteiger charge is -2.12. The average molecular weight is 630 g/mol. The summed E-state index contributed by atoms with van der Waals surface area (Å²) in [5.74, 6) is 1.03. The molecule has 0 saturated heterocycles. The normalized spacial score (nSPS) is 11.4. The number of fused-ring (bicyclic) bond motifs is 5. The van der Waals surface area contributed by atoms with Gasteiger partial charge < -0.3 is 0 Å². The number of hydrogen-bond acceptors (Lipinski definition) is 4. The molecule has 5 nitrogen and oxygen atoms in total. The molecule has 0 N–H and O–H groups in total. The Morgan fingerprint density at radius 1 is 0.510 bits per heavy atom. The number of nitrogens with zero attached hydrogens (tertiary/aromatic N) is 5. The Labute approximate surface area is 284 Å². The van der Waals surface area contributed by atoms with E-state index in [2.05, 4.69) is 132 Å². The number of para-hydroxylation sites is 2. The van der Waals surface area contributed by atoms with Gasteiger partial charge in [-0.15, -0.1) is 0 Å². The molecule has 0 unspecified atom stereocenters. The first-order valence-corrected chi connectivity index (χ1v) is 16.6. The predicted molar refractivity (Wildman–Crippen MR) is 201 cm³/mol. The first-order valence-electron chi connectivity index (χ1n) is 16.6. The van der Waals surface area contributed by atoms with Gasteiger partial charge in [-0.3, -0.25) is 9.55 Å². The van der Waals surface area contributed by atoms with Crippen LogP contribution < -0.4 is 0 Å². The fourth-order valence-corrected chi connectivity index (χ4v) is 6.87. The number of benzene rings is 5. The van der Waals surface area contributed by atoms with Gasteiger partial charge in [0.2, 0.25) is 0 Å². The number of imidazole rings is 1. The summed E-state index contributed by atoms with van der Waals surface area (Å²) in [6.07, 6.45) is 4.44. The summed E-state index contributed by atoms with van der Waals surface area (Å²) in [6.45, 7) is 2.17. The van der Waals surface area contributed by atoms with Crippen molar-refractivity contribution in [3.63, 3.8) is 0 Å². The Morgan fingerprint density at radius 3 is 1.94 bits per heavy atom. The Bertz CT molecular complexity index is 2610. The predicted octanol–water partition coefficient (Wildman–Crippen LogP) is 10.7. The number of hydrogen-bond donors (Lipinski definition) is 0. The van der Waals surface area contributed by atoms with Crippen LogP contribution in [0.2, 0.25) is 0 Å². The zero-order chi connectivity index (χ0) is 32.7. The van der Waals surface area contributed by atoms with Crippen molar-refractivity contribution >= 4 is 32.7 Å². The monoisotopic (exact) mass is 629 g/mol. The van der Waals surface area contributed by atoms with Gasteiger partial charge in [0.05, 0.1) is 33.6 Å². The van der Waals surface area contributed by atoms with Crippen LogP contribution in [0.3, 0.4) is 0 Å². The van der Waals surface area contributed by atoms with Crippen molar-refractivity contribution < 1.29 is 0 Å². The molecule has 0 atom stereocenters. The molecule has 0 aliphatic carbocycles. The second kappa shape index (κ2) is 12.0. The highest BCUT2D eigenvalue weighted by Crippen LogP contribution is 2.39. The van der Waals surface area contributed by atoms with Gasteiger partial charge in [0.15, 0.2) is 0 Å². The van der Waals surface area contributed by atoms with E-state index in [1.807, 2.05) is 36.5 Å². The van der Waals surface area contributed by atoms with E-state index in [-0.39, 0.29) is 0 Å². The SMILES string of the molecule is CCc1nc2c3c(-c4ccc(-c5ccc(-c6cccc(-c7cccnc7)n6)cc5)cc4)nc4ccccc4c3ccc2n1-c1ccccc1. The first-order chi connectivity index (χ1) is 24.2. The second-order valence-corrected chi connectivity index (χ2v) is 12.2. The van der Waals surface area contributed by atoms with Gasteiger partial charge in [-0.05, 0) is 65.0 Å². The van der Waals surface area contributed by atoms with E-state index >= 15 is 0 Å². The largest absolute Gasteiger partial charge is 0.296 e. The maximum Gasteiger partial charge on any atom is 0.114 e. The van der Waals surface area contributed by atoms with E-state index in [0.29, 0.717) is 0 Å². The molecule has 0 aliphatic rings. The van der Waals surface area contributed by atoms with Gasteiger partial charge in [-0.1, -0.05) is 104 Å². The Hall–Kier alpha value is -6.46. The molecule has 0 fully saturated rings. The number of aromatic nitrogens is 5. The van der Waals surface area contributed by atoms with Gasteiger partial charge in [0, 0.05) is 52.0 Å². The minimum absolute atomic E-state index is 0.820. The summed E-state index contributed by atoms with van der Waals surface area (Å²) in [4.78, 5) is 19.7. The van der Waals surface area contributed by atoms with Crippen molar-refractivity contribution in [3.8, 4) is 50.6 Å². The maximum atomic E-state index is 5.28. The third-order valence-corrected chi connectivity index (χ3v) is 9.27. The molecule has 232 valence electrons. The number of aryl methyl sites for hydroxylation is 1. The first kappa shape index (κ1) is 28.7. The van der Waals surface area contributed by atoms with Crippen LogP contribution in [0.25, 0.3) is 83.3 Å². The molecular weight excluding hydrogens is 599 g/mol. The molecule has 0 bridgehead atoms. The topological polar surface area (TPSA) is 56.5 Å². The highest BCUT2D eigenvalue weighted by molar-refractivity contribution is 6.19. The quantitative estimate of drug-likeness (QED) is 0.172. The van der Waals surface area contributed by atoms with E-state index in [1.165, 1.54) is 0 Å². The standard InChI is InChI=1S/C44H31N5/c1-2-41-48-44-40(49(41)34-11-4-3-5-12-34)26-25-36-35-13-6-7-14-39(35)47-43(42(36)44)32-23-19-30(20-24-32)29-17-21-31(22-18-29)37-15-8-16-38(46-37)33-10-9-27-45-28-33/h3-28H,2H2,1H3. The van der Waals surface area contributed by atoms with Crippen LogP contribution in [0.4, 0.5) is 0 Å². The zero-order valence-electron chi connectivity index (χ0n) is 27.0. The minimum Gasteiger partial charge on any atom is -0.296 e. The van der Waals surface area contributed by atoms with Crippen molar-refractivity contribution in [1.29, 1.82) is 0 Å². The molecular formula is C44H31N5. The van der Waals surface area contributed by atoms with Gasteiger partial charge >= 0.3 is 0 Å². The molecule has 9 rings (SSSR count). The van der Waals surface area contributed by atoms with Crippen LogP contribution in [0.15, 0.2) is 158 Å². The van der Waals surface area contributed by atoms with Gasteiger partial charge in [-0.2, -0.15) is 0 Å². The molecule has 4 heterocycles. The lowest BCUT2D eigenvalue weighted by molar-refractivity contribution is 0.908. The fraction of sp³-hybridized carbons (Fsp3) is 0.0455. The maximum absolute atomic E-state index is 5.28. The lowest BCUT2D eigenvalue weighted by Crippen LogP contribution is -1.99. The molecule has 4 aromatic heterocycles. The van der Waals surface area contributed by atoms with E-state index in [4.69, 9.17) is 15.0 Å². The van der Waals surface area contributed by atoms with Crippen molar-refractivity contribution in [2.75, 3.05) is 0 Å². The third kappa shape index (κ3) is 5.04. The Balaban J connectivity index is 1.12. The molecule has 49 heavy (non-hydrogen) atoms. The van der Waals surface area contributed by atoms with E-state index in [1.54, 1.807) is 6.20 Å². The van der Waals surface area contributed by atoms with E-state index in [0.717, 1.165) is 95.5 Å². The highest BCUT2D eigenvalue weighted by Gasteiger charge is 2.19. The molecule has 0 spiro atoms. The van der Waals surface area contributed by atoms with E-state index < -0.39 is 0 Å². The van der Waals surface area contributed by atoms with Crippen molar-refractivity contribution in [3.05, 3.63) is 164 Å². The van der Waals surface area contributed by atoms with Crippen LogP contribution in [0.1, 0.15) is 12.7 Å². The molecule has 9 aromatic rings. The summed E-state index contributed by atoms with van der Waals surface area (Å²) >= 11 is 0. The molecule has 0 aliphatic heterocycles. The molecule has 0 saturated carbocycles. The molecule has 5 aromatic carbocycles. The number of pyridine rings is 3. The lowest BCUT2D eigenvalue weighted by atomic mass is 9.96. The molecule has 0 amide bonds. The molecule has 5 heteroatoms.